The minimum Gasteiger partial charge on any atom is -0.458 e. The van der Waals surface area contributed by atoms with Crippen LogP contribution in [0.4, 0.5) is 0 Å². The molecule has 0 radical (unpaired) electrons. The molecule has 0 saturated heterocycles. The zero-order valence-corrected chi connectivity index (χ0v) is 12.1. The summed E-state index contributed by atoms with van der Waals surface area (Å²) in [6.07, 6.45) is 4.23. The normalized spacial score (nSPS) is 12.4. The number of nitrogens with zero attached hydrogens (tertiary/aromatic N) is 3. The summed E-state index contributed by atoms with van der Waals surface area (Å²) in [4.78, 5) is 16.8. The van der Waals surface area contributed by atoms with Gasteiger partial charge in [0.15, 0.2) is 0 Å². The fourth-order valence-corrected chi connectivity index (χ4v) is 2.57. The standard InChI is InChI=1S/C13H17N3O2S/c1-9(5-8-16-7-4-6-14-16)18-13(17)12-10(2)15-11(3)19-12/h4,6-7,9H,5,8H2,1-3H3. The first-order chi connectivity index (χ1) is 9.06. The molecular formula is C13H17N3O2S. The van der Waals surface area contributed by atoms with Crippen LogP contribution in [0.5, 0.6) is 0 Å². The summed E-state index contributed by atoms with van der Waals surface area (Å²) in [7, 11) is 0. The largest absolute Gasteiger partial charge is 0.458 e. The first-order valence-corrected chi connectivity index (χ1v) is 7.00. The molecule has 6 heteroatoms. The highest BCUT2D eigenvalue weighted by Gasteiger charge is 2.17. The minimum atomic E-state index is -0.281. The highest BCUT2D eigenvalue weighted by Crippen LogP contribution is 2.19. The zero-order valence-electron chi connectivity index (χ0n) is 11.3. The van der Waals surface area contributed by atoms with Gasteiger partial charge in [-0.1, -0.05) is 0 Å². The molecule has 1 atom stereocenters. The monoisotopic (exact) mass is 279 g/mol. The minimum absolute atomic E-state index is 0.140. The number of rotatable bonds is 5. The van der Waals surface area contributed by atoms with Crippen LogP contribution >= 0.6 is 11.3 Å². The summed E-state index contributed by atoms with van der Waals surface area (Å²) >= 11 is 1.38. The van der Waals surface area contributed by atoms with Crippen molar-refractivity contribution in [2.24, 2.45) is 0 Å². The van der Waals surface area contributed by atoms with Gasteiger partial charge in [-0.25, -0.2) is 9.78 Å². The van der Waals surface area contributed by atoms with Crippen molar-refractivity contribution in [1.29, 1.82) is 0 Å². The summed E-state index contributed by atoms with van der Waals surface area (Å²) in [6.45, 7) is 6.34. The average Bonchev–Trinajstić information content (AvgIpc) is 2.96. The predicted octanol–water partition coefficient (Wildman–Crippen LogP) is 2.59. The Kier molecular flexibility index (Phi) is 4.31. The van der Waals surface area contributed by atoms with Crippen molar-refractivity contribution < 1.29 is 9.53 Å². The maximum Gasteiger partial charge on any atom is 0.350 e. The van der Waals surface area contributed by atoms with Crippen LogP contribution in [-0.4, -0.2) is 26.8 Å². The molecule has 19 heavy (non-hydrogen) atoms. The van der Waals surface area contributed by atoms with E-state index in [9.17, 15) is 4.79 Å². The fourth-order valence-electron chi connectivity index (χ4n) is 1.76. The van der Waals surface area contributed by atoms with Gasteiger partial charge in [0.05, 0.1) is 10.7 Å². The third kappa shape index (κ3) is 3.64. The van der Waals surface area contributed by atoms with Crippen molar-refractivity contribution >= 4 is 17.3 Å². The van der Waals surface area contributed by atoms with Crippen molar-refractivity contribution in [1.82, 2.24) is 14.8 Å². The van der Waals surface area contributed by atoms with E-state index in [0.717, 1.165) is 23.7 Å². The van der Waals surface area contributed by atoms with E-state index in [2.05, 4.69) is 10.1 Å². The summed E-state index contributed by atoms with van der Waals surface area (Å²) in [6, 6.07) is 1.88. The summed E-state index contributed by atoms with van der Waals surface area (Å²) in [5, 5.41) is 4.99. The van der Waals surface area contributed by atoms with Gasteiger partial charge >= 0.3 is 5.97 Å². The molecule has 0 fully saturated rings. The van der Waals surface area contributed by atoms with Crippen LogP contribution in [-0.2, 0) is 11.3 Å². The number of aromatic nitrogens is 3. The molecule has 2 rings (SSSR count). The van der Waals surface area contributed by atoms with Crippen molar-refractivity contribution in [2.75, 3.05) is 0 Å². The lowest BCUT2D eigenvalue weighted by atomic mass is 10.3. The van der Waals surface area contributed by atoms with E-state index in [4.69, 9.17) is 4.74 Å². The van der Waals surface area contributed by atoms with Crippen LogP contribution in [0.25, 0.3) is 0 Å². The molecule has 2 aromatic rings. The van der Waals surface area contributed by atoms with Crippen LogP contribution in [0, 0.1) is 13.8 Å². The fraction of sp³-hybridized carbons (Fsp3) is 0.462. The van der Waals surface area contributed by atoms with Gasteiger partial charge in [-0.15, -0.1) is 11.3 Å². The van der Waals surface area contributed by atoms with E-state index < -0.39 is 0 Å². The second kappa shape index (κ2) is 5.97. The number of thiazole rings is 1. The number of carbonyl (C=O) groups is 1. The van der Waals surface area contributed by atoms with Gasteiger partial charge in [-0.3, -0.25) is 4.68 Å². The average molecular weight is 279 g/mol. The highest BCUT2D eigenvalue weighted by atomic mass is 32.1. The Morgan fingerprint density at radius 2 is 2.32 bits per heavy atom. The molecule has 0 amide bonds. The second-order valence-corrected chi connectivity index (χ2v) is 5.62. The lowest BCUT2D eigenvalue weighted by Gasteiger charge is -2.12. The third-order valence-electron chi connectivity index (χ3n) is 2.72. The molecule has 0 aliphatic carbocycles. The van der Waals surface area contributed by atoms with E-state index in [1.807, 2.05) is 37.7 Å². The number of hydrogen-bond donors (Lipinski definition) is 0. The molecule has 0 spiro atoms. The number of aryl methyl sites for hydroxylation is 3. The summed E-state index contributed by atoms with van der Waals surface area (Å²) in [5.74, 6) is -0.281. The first-order valence-electron chi connectivity index (χ1n) is 6.18. The Balaban J connectivity index is 1.86. The number of ether oxygens (including phenoxy) is 1. The van der Waals surface area contributed by atoms with Gasteiger partial charge in [0.1, 0.15) is 11.0 Å². The molecule has 0 N–H and O–H groups in total. The van der Waals surface area contributed by atoms with Crippen molar-refractivity contribution in [3.05, 3.63) is 34.0 Å². The SMILES string of the molecule is Cc1nc(C)c(C(=O)OC(C)CCn2cccn2)s1. The molecule has 0 aliphatic rings. The first kappa shape index (κ1) is 13.7. The van der Waals surface area contributed by atoms with E-state index in [1.165, 1.54) is 11.3 Å². The van der Waals surface area contributed by atoms with Gasteiger partial charge in [-0.2, -0.15) is 5.10 Å². The van der Waals surface area contributed by atoms with E-state index >= 15 is 0 Å². The summed E-state index contributed by atoms with van der Waals surface area (Å²) < 4.78 is 7.25. The molecule has 2 aromatic heterocycles. The molecule has 5 nitrogen and oxygen atoms in total. The van der Waals surface area contributed by atoms with E-state index in [0.29, 0.717) is 4.88 Å². The Labute approximate surface area is 116 Å². The molecule has 0 aliphatic heterocycles. The molecule has 1 unspecified atom stereocenters. The van der Waals surface area contributed by atoms with Crippen LogP contribution < -0.4 is 0 Å². The van der Waals surface area contributed by atoms with E-state index in [-0.39, 0.29) is 12.1 Å². The molecule has 0 bridgehead atoms. The Morgan fingerprint density at radius 3 is 2.89 bits per heavy atom. The van der Waals surface area contributed by atoms with Crippen molar-refractivity contribution in [3.8, 4) is 0 Å². The molecule has 0 aromatic carbocycles. The molecular weight excluding hydrogens is 262 g/mol. The molecule has 0 saturated carbocycles. The number of esters is 1. The lowest BCUT2D eigenvalue weighted by molar-refractivity contribution is 0.0318. The topological polar surface area (TPSA) is 57.0 Å². The Morgan fingerprint density at radius 1 is 1.53 bits per heavy atom. The maximum absolute atomic E-state index is 12.0. The van der Waals surface area contributed by atoms with Gasteiger partial charge in [0.25, 0.3) is 0 Å². The van der Waals surface area contributed by atoms with Gasteiger partial charge < -0.3 is 4.74 Å². The third-order valence-corrected chi connectivity index (χ3v) is 3.77. The van der Waals surface area contributed by atoms with Crippen molar-refractivity contribution in [2.45, 2.75) is 39.8 Å². The van der Waals surface area contributed by atoms with Crippen LogP contribution in [0.15, 0.2) is 18.5 Å². The van der Waals surface area contributed by atoms with Crippen molar-refractivity contribution in [3.63, 3.8) is 0 Å². The second-order valence-electron chi connectivity index (χ2n) is 4.42. The maximum atomic E-state index is 12.0. The molecule has 2 heterocycles. The van der Waals surface area contributed by atoms with Gasteiger partial charge in [0.2, 0.25) is 0 Å². The quantitative estimate of drug-likeness (QED) is 0.789. The van der Waals surface area contributed by atoms with Crippen LogP contribution in [0.1, 0.15) is 33.7 Å². The number of hydrogen-bond acceptors (Lipinski definition) is 5. The number of carbonyl (C=O) groups excluding carboxylic acids is 1. The van der Waals surface area contributed by atoms with Gasteiger partial charge in [-0.05, 0) is 26.8 Å². The molecule has 102 valence electrons. The highest BCUT2D eigenvalue weighted by molar-refractivity contribution is 7.13. The van der Waals surface area contributed by atoms with Gasteiger partial charge in [0, 0.05) is 25.4 Å². The Hall–Kier alpha value is -1.69. The van der Waals surface area contributed by atoms with Crippen LogP contribution in [0.2, 0.25) is 0 Å². The van der Waals surface area contributed by atoms with Crippen LogP contribution in [0.3, 0.4) is 0 Å². The zero-order chi connectivity index (χ0) is 13.8. The van der Waals surface area contributed by atoms with E-state index in [1.54, 1.807) is 6.20 Å². The lowest BCUT2D eigenvalue weighted by Crippen LogP contribution is -2.17. The smallest absolute Gasteiger partial charge is 0.350 e. The summed E-state index contributed by atoms with van der Waals surface area (Å²) in [5.41, 5.74) is 0.742. The Bertz CT molecular complexity index is 548. The predicted molar refractivity (Wildman–Crippen MR) is 73.3 cm³/mol.